The van der Waals surface area contributed by atoms with Crippen LogP contribution in [0.1, 0.15) is 18.5 Å². The summed E-state index contributed by atoms with van der Waals surface area (Å²) in [7, 11) is 0. The van der Waals surface area contributed by atoms with Crippen molar-refractivity contribution in [2.45, 2.75) is 25.3 Å². The van der Waals surface area contributed by atoms with Gasteiger partial charge in [0.05, 0.1) is 16.8 Å². The summed E-state index contributed by atoms with van der Waals surface area (Å²) in [5.41, 5.74) is 2.92. The first-order chi connectivity index (χ1) is 13.8. The number of benzene rings is 2. The minimum atomic E-state index is -0.0261. The van der Waals surface area contributed by atoms with Crippen molar-refractivity contribution in [2.75, 3.05) is 36.4 Å². The summed E-state index contributed by atoms with van der Waals surface area (Å²) in [5, 5.41) is 4.08. The Bertz CT molecular complexity index is 972. The Labute approximate surface area is 169 Å². The lowest BCUT2D eigenvalue weighted by Crippen LogP contribution is -2.47. The van der Waals surface area contributed by atoms with E-state index in [0.29, 0.717) is 6.42 Å². The Kier molecular flexibility index (Phi) is 4.74. The zero-order valence-corrected chi connectivity index (χ0v) is 16.6. The zero-order chi connectivity index (χ0) is 18.9. The fourth-order valence-electron chi connectivity index (χ4n) is 3.96. The second-order valence-electron chi connectivity index (χ2n) is 7.65. The number of hydrogen-bond acceptors (Lipinski definition) is 5. The number of nitrogens with zero attached hydrogens (tertiary/aromatic N) is 3. The molecule has 1 aliphatic carbocycles. The van der Waals surface area contributed by atoms with E-state index in [2.05, 4.69) is 31.6 Å². The van der Waals surface area contributed by atoms with Gasteiger partial charge in [-0.25, -0.2) is 0 Å². The molecule has 0 atom stereocenters. The second-order valence-corrected chi connectivity index (χ2v) is 8.46. The Morgan fingerprint density at radius 3 is 2.54 bits per heavy atom. The molecular formula is C22H24N4OS. The van der Waals surface area contributed by atoms with Crippen molar-refractivity contribution in [1.29, 1.82) is 0 Å². The summed E-state index contributed by atoms with van der Waals surface area (Å²) < 4.78 is 5.57. The lowest BCUT2D eigenvalue weighted by Gasteiger charge is -2.36. The second kappa shape index (κ2) is 7.53. The summed E-state index contributed by atoms with van der Waals surface area (Å²) >= 11 is 1.45. The van der Waals surface area contributed by atoms with Crippen molar-refractivity contribution in [2.24, 2.45) is 0 Å². The molecule has 1 amide bonds. The van der Waals surface area contributed by atoms with Gasteiger partial charge in [0.1, 0.15) is 0 Å². The number of carbonyl (C=O) groups is 1. The Morgan fingerprint density at radius 2 is 1.79 bits per heavy atom. The maximum Gasteiger partial charge on any atom is 0.230 e. The predicted molar refractivity (Wildman–Crippen MR) is 115 cm³/mol. The van der Waals surface area contributed by atoms with E-state index < -0.39 is 0 Å². The first kappa shape index (κ1) is 17.6. The van der Waals surface area contributed by atoms with Gasteiger partial charge in [0.25, 0.3) is 0 Å². The molecule has 2 fully saturated rings. The maximum absolute atomic E-state index is 12.5. The molecule has 5 nitrogen and oxygen atoms in total. The van der Waals surface area contributed by atoms with E-state index in [9.17, 15) is 4.79 Å². The van der Waals surface area contributed by atoms with E-state index in [1.165, 1.54) is 30.1 Å². The van der Waals surface area contributed by atoms with E-state index in [1.54, 1.807) is 0 Å². The fourth-order valence-corrected chi connectivity index (χ4v) is 4.76. The van der Waals surface area contributed by atoms with Gasteiger partial charge >= 0.3 is 0 Å². The van der Waals surface area contributed by atoms with Gasteiger partial charge in [0.2, 0.25) is 5.91 Å². The highest BCUT2D eigenvalue weighted by Gasteiger charge is 2.31. The number of nitrogens with one attached hydrogen (secondary N) is 1. The molecule has 6 heteroatoms. The van der Waals surface area contributed by atoms with Gasteiger partial charge in [-0.2, -0.15) is 4.37 Å². The van der Waals surface area contributed by atoms with Crippen LogP contribution in [0.25, 0.3) is 10.1 Å². The van der Waals surface area contributed by atoms with Crippen LogP contribution in [0.2, 0.25) is 0 Å². The standard InChI is InChI=1S/C22H24N4OS/c27-22(15-20-19-3-1-2-4-21(19)28-24-20)23-16-5-7-17(8-6-16)25-11-13-26(14-12-25)18-9-10-18/h1-8,18H,9-15H2,(H,23,27). The molecule has 144 valence electrons. The third-order valence-electron chi connectivity index (χ3n) is 5.67. The summed E-state index contributed by atoms with van der Waals surface area (Å²) in [6.07, 6.45) is 3.06. The molecule has 1 saturated heterocycles. The summed E-state index contributed by atoms with van der Waals surface area (Å²) in [5.74, 6) is -0.0261. The van der Waals surface area contributed by atoms with Crippen molar-refractivity contribution < 1.29 is 4.79 Å². The Morgan fingerprint density at radius 1 is 1.04 bits per heavy atom. The third kappa shape index (κ3) is 3.75. The molecular weight excluding hydrogens is 368 g/mol. The summed E-state index contributed by atoms with van der Waals surface area (Å²) in [6, 6.07) is 17.1. The first-order valence-corrected chi connectivity index (χ1v) is 10.8. The van der Waals surface area contributed by atoms with Crippen molar-refractivity contribution in [3.8, 4) is 0 Å². The maximum atomic E-state index is 12.5. The molecule has 2 heterocycles. The van der Waals surface area contributed by atoms with Gasteiger partial charge in [-0.15, -0.1) is 0 Å². The van der Waals surface area contributed by atoms with Crippen LogP contribution in [0.5, 0.6) is 0 Å². The topological polar surface area (TPSA) is 48.5 Å². The highest BCUT2D eigenvalue weighted by Crippen LogP contribution is 2.29. The Hall–Kier alpha value is -2.44. The monoisotopic (exact) mass is 392 g/mol. The van der Waals surface area contributed by atoms with Crippen LogP contribution in [-0.4, -0.2) is 47.4 Å². The molecule has 1 aromatic heterocycles. The summed E-state index contributed by atoms with van der Waals surface area (Å²) in [4.78, 5) is 17.5. The number of aromatic nitrogens is 1. The molecule has 0 unspecified atom stereocenters. The van der Waals surface area contributed by atoms with Gasteiger partial charge in [0, 0.05) is 49.0 Å². The quantitative estimate of drug-likeness (QED) is 0.718. The van der Waals surface area contributed by atoms with Gasteiger partial charge in [0.15, 0.2) is 0 Å². The number of rotatable bonds is 5. The minimum absolute atomic E-state index is 0.0261. The number of anilines is 2. The molecule has 0 spiro atoms. The minimum Gasteiger partial charge on any atom is -0.369 e. The summed E-state index contributed by atoms with van der Waals surface area (Å²) in [6.45, 7) is 4.48. The molecule has 28 heavy (non-hydrogen) atoms. The molecule has 1 N–H and O–H groups in total. The van der Waals surface area contributed by atoms with E-state index >= 15 is 0 Å². The number of amides is 1. The van der Waals surface area contributed by atoms with Crippen molar-refractivity contribution >= 4 is 38.9 Å². The highest BCUT2D eigenvalue weighted by atomic mass is 32.1. The lowest BCUT2D eigenvalue weighted by atomic mass is 10.1. The number of carbonyl (C=O) groups excluding carboxylic acids is 1. The van der Waals surface area contributed by atoms with Gasteiger partial charge in [-0.3, -0.25) is 9.69 Å². The molecule has 5 rings (SSSR count). The van der Waals surface area contributed by atoms with Crippen LogP contribution in [0, 0.1) is 0 Å². The molecule has 0 bridgehead atoms. The number of hydrogen-bond donors (Lipinski definition) is 1. The van der Waals surface area contributed by atoms with Crippen molar-refractivity contribution in [1.82, 2.24) is 9.27 Å². The molecule has 1 aliphatic heterocycles. The molecule has 3 aromatic rings. The van der Waals surface area contributed by atoms with E-state index in [-0.39, 0.29) is 5.91 Å². The van der Waals surface area contributed by atoms with Crippen molar-refractivity contribution in [3.05, 3.63) is 54.2 Å². The van der Waals surface area contributed by atoms with Crippen LogP contribution in [0.3, 0.4) is 0 Å². The van der Waals surface area contributed by atoms with Crippen LogP contribution in [-0.2, 0) is 11.2 Å². The van der Waals surface area contributed by atoms with Gasteiger partial charge in [-0.05, 0) is 54.7 Å². The SMILES string of the molecule is O=C(Cc1nsc2ccccc12)Nc1ccc(N2CCN(C3CC3)CC2)cc1. The van der Waals surface area contributed by atoms with Crippen LogP contribution >= 0.6 is 11.5 Å². The normalized spacial score (nSPS) is 17.8. The number of fused-ring (bicyclic) bond motifs is 1. The van der Waals surface area contributed by atoms with E-state index in [4.69, 9.17) is 0 Å². The first-order valence-electron chi connectivity index (χ1n) is 9.98. The van der Waals surface area contributed by atoms with E-state index in [0.717, 1.165) is 53.7 Å². The molecule has 0 radical (unpaired) electrons. The number of piperazine rings is 1. The highest BCUT2D eigenvalue weighted by molar-refractivity contribution is 7.13. The molecule has 2 aromatic carbocycles. The largest absolute Gasteiger partial charge is 0.369 e. The van der Waals surface area contributed by atoms with E-state index in [1.807, 2.05) is 36.4 Å². The van der Waals surface area contributed by atoms with Crippen LogP contribution < -0.4 is 10.2 Å². The Balaban J connectivity index is 1.18. The average Bonchev–Trinajstić information content (AvgIpc) is 3.51. The van der Waals surface area contributed by atoms with Crippen LogP contribution in [0.4, 0.5) is 11.4 Å². The fraction of sp³-hybridized carbons (Fsp3) is 0.364. The molecule has 2 aliphatic rings. The van der Waals surface area contributed by atoms with Gasteiger partial charge < -0.3 is 10.2 Å². The predicted octanol–water partition coefficient (Wildman–Crippen LogP) is 3.76. The zero-order valence-electron chi connectivity index (χ0n) is 15.8. The third-order valence-corrected chi connectivity index (χ3v) is 6.54. The smallest absolute Gasteiger partial charge is 0.230 e. The van der Waals surface area contributed by atoms with Crippen LogP contribution in [0.15, 0.2) is 48.5 Å². The molecule has 1 saturated carbocycles. The lowest BCUT2D eigenvalue weighted by molar-refractivity contribution is -0.115. The van der Waals surface area contributed by atoms with Gasteiger partial charge in [-0.1, -0.05) is 18.2 Å². The van der Waals surface area contributed by atoms with Crippen molar-refractivity contribution in [3.63, 3.8) is 0 Å². The average molecular weight is 393 g/mol.